The molecule has 0 atom stereocenters. The predicted octanol–water partition coefficient (Wildman–Crippen LogP) is 1.76. The van der Waals surface area contributed by atoms with Gasteiger partial charge in [-0.25, -0.2) is 0 Å². The Morgan fingerprint density at radius 2 is 1.96 bits per heavy atom. The number of carbonyl (C=O) groups is 3. The maximum absolute atomic E-state index is 12.5. The van der Waals surface area contributed by atoms with E-state index in [0.29, 0.717) is 17.1 Å². The Kier molecular flexibility index (Phi) is 5.95. The van der Waals surface area contributed by atoms with Crippen LogP contribution in [0.5, 0.6) is 11.5 Å². The van der Waals surface area contributed by atoms with Crippen LogP contribution in [0.15, 0.2) is 46.7 Å². The average Bonchev–Trinajstić information content (AvgIpc) is 3.35. The summed E-state index contributed by atoms with van der Waals surface area (Å²) in [5, 5.41) is 13.8. The summed E-state index contributed by atoms with van der Waals surface area (Å²) >= 11 is 0. The number of rotatable bonds is 8. The van der Waals surface area contributed by atoms with Gasteiger partial charge in [0.05, 0.1) is 6.26 Å². The van der Waals surface area contributed by atoms with E-state index in [0.717, 1.165) is 0 Å². The summed E-state index contributed by atoms with van der Waals surface area (Å²) < 4.78 is 15.6. The molecule has 0 spiro atoms. The SMILES string of the molecule is O=C(O)CCCNC(=O)/C(=C/c1ccc2c(c1)OCO2)NC(=O)c1ccco1. The van der Waals surface area contributed by atoms with E-state index in [9.17, 15) is 14.4 Å². The Bertz CT molecular complexity index is 903. The Morgan fingerprint density at radius 1 is 1.14 bits per heavy atom. The fourth-order valence-electron chi connectivity index (χ4n) is 2.46. The zero-order valence-electron chi connectivity index (χ0n) is 14.8. The van der Waals surface area contributed by atoms with Crippen molar-refractivity contribution in [3.63, 3.8) is 0 Å². The number of fused-ring (bicyclic) bond motifs is 1. The second kappa shape index (κ2) is 8.76. The monoisotopic (exact) mass is 386 g/mol. The lowest BCUT2D eigenvalue weighted by Gasteiger charge is -2.10. The predicted molar refractivity (Wildman–Crippen MR) is 96.6 cm³/mol. The summed E-state index contributed by atoms with van der Waals surface area (Å²) in [6, 6.07) is 8.12. The van der Waals surface area contributed by atoms with Crippen LogP contribution in [0, 0.1) is 0 Å². The minimum absolute atomic E-state index is 0.0180. The van der Waals surface area contributed by atoms with Crippen LogP contribution < -0.4 is 20.1 Å². The standard InChI is InChI=1S/C19H18N2O7/c22-17(23)4-1-7-20-18(24)13(21-19(25)15-3-2-8-26-15)9-12-5-6-14-16(10-12)28-11-27-14/h2-3,5-6,8-10H,1,4,7,11H2,(H,20,24)(H,21,25)(H,22,23)/b13-9-. The van der Waals surface area contributed by atoms with Gasteiger partial charge in [-0.2, -0.15) is 0 Å². The van der Waals surface area contributed by atoms with Gasteiger partial charge < -0.3 is 29.6 Å². The van der Waals surface area contributed by atoms with Crippen LogP contribution in [0.1, 0.15) is 29.0 Å². The maximum Gasteiger partial charge on any atom is 0.303 e. The number of aliphatic carboxylic acids is 1. The van der Waals surface area contributed by atoms with Gasteiger partial charge in [0.1, 0.15) is 5.70 Å². The largest absolute Gasteiger partial charge is 0.481 e. The lowest BCUT2D eigenvalue weighted by molar-refractivity contribution is -0.137. The molecular formula is C19H18N2O7. The zero-order chi connectivity index (χ0) is 19.9. The highest BCUT2D eigenvalue weighted by atomic mass is 16.7. The van der Waals surface area contributed by atoms with Crippen molar-refractivity contribution >= 4 is 23.9 Å². The number of benzene rings is 1. The number of carboxylic acid groups (broad SMARTS) is 1. The third kappa shape index (κ3) is 4.91. The van der Waals surface area contributed by atoms with Gasteiger partial charge in [-0.1, -0.05) is 6.07 Å². The van der Waals surface area contributed by atoms with Crippen LogP contribution in [-0.2, 0) is 9.59 Å². The third-order valence-corrected chi connectivity index (χ3v) is 3.80. The minimum Gasteiger partial charge on any atom is -0.481 e. The van der Waals surface area contributed by atoms with Crippen molar-refractivity contribution in [2.75, 3.05) is 13.3 Å². The van der Waals surface area contributed by atoms with E-state index in [1.54, 1.807) is 24.3 Å². The topological polar surface area (TPSA) is 127 Å². The third-order valence-electron chi connectivity index (χ3n) is 3.80. The first-order valence-electron chi connectivity index (χ1n) is 8.49. The number of nitrogens with one attached hydrogen (secondary N) is 2. The molecule has 2 heterocycles. The number of furan rings is 1. The number of amides is 2. The van der Waals surface area contributed by atoms with Crippen molar-refractivity contribution in [1.82, 2.24) is 10.6 Å². The van der Waals surface area contributed by atoms with Gasteiger partial charge >= 0.3 is 5.97 Å². The smallest absolute Gasteiger partial charge is 0.303 e. The molecule has 0 radical (unpaired) electrons. The van der Waals surface area contributed by atoms with Crippen LogP contribution in [-0.4, -0.2) is 36.2 Å². The molecule has 3 N–H and O–H groups in total. The molecular weight excluding hydrogens is 368 g/mol. The van der Waals surface area contributed by atoms with Crippen LogP contribution in [0.4, 0.5) is 0 Å². The summed E-state index contributed by atoms with van der Waals surface area (Å²) in [7, 11) is 0. The quantitative estimate of drug-likeness (QED) is 0.466. The summed E-state index contributed by atoms with van der Waals surface area (Å²) in [4.78, 5) is 35.3. The molecule has 2 aromatic rings. The normalized spacial score (nSPS) is 12.5. The van der Waals surface area contributed by atoms with E-state index >= 15 is 0 Å². The Morgan fingerprint density at radius 3 is 2.71 bits per heavy atom. The second-order valence-electron chi connectivity index (χ2n) is 5.86. The summed E-state index contributed by atoms with van der Waals surface area (Å²) in [6.45, 7) is 0.273. The van der Waals surface area contributed by atoms with Gasteiger partial charge in [0, 0.05) is 13.0 Å². The van der Waals surface area contributed by atoms with E-state index in [1.165, 1.54) is 18.4 Å². The molecule has 3 rings (SSSR count). The Hall–Kier alpha value is -3.75. The van der Waals surface area contributed by atoms with Gasteiger partial charge in [-0.15, -0.1) is 0 Å². The van der Waals surface area contributed by atoms with Gasteiger partial charge in [0.25, 0.3) is 11.8 Å². The lowest BCUT2D eigenvalue weighted by atomic mass is 10.1. The van der Waals surface area contributed by atoms with Crippen LogP contribution in [0.25, 0.3) is 6.08 Å². The van der Waals surface area contributed by atoms with Crippen molar-refractivity contribution in [3.8, 4) is 11.5 Å². The fraction of sp³-hybridized carbons (Fsp3) is 0.211. The van der Waals surface area contributed by atoms with Crippen LogP contribution in [0.3, 0.4) is 0 Å². The molecule has 1 aliphatic rings. The molecule has 1 aliphatic heterocycles. The number of carbonyl (C=O) groups excluding carboxylic acids is 2. The van der Waals surface area contributed by atoms with Gasteiger partial charge in [-0.05, 0) is 42.3 Å². The van der Waals surface area contributed by atoms with E-state index < -0.39 is 17.8 Å². The van der Waals surface area contributed by atoms with Gasteiger partial charge in [0.15, 0.2) is 17.3 Å². The van der Waals surface area contributed by atoms with E-state index in [-0.39, 0.29) is 37.6 Å². The molecule has 0 fully saturated rings. The van der Waals surface area contributed by atoms with E-state index in [2.05, 4.69) is 10.6 Å². The Balaban J connectivity index is 1.76. The molecule has 146 valence electrons. The fourth-order valence-corrected chi connectivity index (χ4v) is 2.46. The number of hydrogen-bond acceptors (Lipinski definition) is 6. The molecule has 0 bridgehead atoms. The molecule has 28 heavy (non-hydrogen) atoms. The molecule has 0 saturated heterocycles. The molecule has 0 aliphatic carbocycles. The highest BCUT2D eigenvalue weighted by molar-refractivity contribution is 6.04. The average molecular weight is 386 g/mol. The lowest BCUT2D eigenvalue weighted by Crippen LogP contribution is -2.35. The van der Waals surface area contributed by atoms with Crippen molar-refractivity contribution < 1.29 is 33.4 Å². The van der Waals surface area contributed by atoms with Gasteiger partial charge in [-0.3, -0.25) is 14.4 Å². The van der Waals surface area contributed by atoms with Crippen molar-refractivity contribution in [2.24, 2.45) is 0 Å². The molecule has 1 aromatic heterocycles. The molecule has 2 amide bonds. The molecule has 9 heteroatoms. The van der Waals surface area contributed by atoms with Crippen molar-refractivity contribution in [3.05, 3.63) is 53.6 Å². The molecule has 0 saturated carbocycles. The highest BCUT2D eigenvalue weighted by Crippen LogP contribution is 2.33. The van der Waals surface area contributed by atoms with Crippen LogP contribution >= 0.6 is 0 Å². The first kappa shape index (κ1) is 19.0. The van der Waals surface area contributed by atoms with Crippen LogP contribution in [0.2, 0.25) is 0 Å². The first-order valence-corrected chi connectivity index (χ1v) is 8.49. The Labute approximate surface area is 159 Å². The summed E-state index contributed by atoms with van der Waals surface area (Å²) in [5.41, 5.74) is 0.593. The first-order chi connectivity index (χ1) is 13.5. The van der Waals surface area contributed by atoms with E-state index in [4.69, 9.17) is 19.0 Å². The number of carboxylic acids is 1. The number of hydrogen-bond donors (Lipinski definition) is 3. The zero-order valence-corrected chi connectivity index (χ0v) is 14.8. The van der Waals surface area contributed by atoms with Crippen molar-refractivity contribution in [2.45, 2.75) is 12.8 Å². The van der Waals surface area contributed by atoms with Crippen molar-refractivity contribution in [1.29, 1.82) is 0 Å². The number of ether oxygens (including phenoxy) is 2. The second-order valence-corrected chi connectivity index (χ2v) is 5.86. The highest BCUT2D eigenvalue weighted by Gasteiger charge is 2.18. The van der Waals surface area contributed by atoms with Gasteiger partial charge in [0.2, 0.25) is 6.79 Å². The molecule has 1 aromatic carbocycles. The summed E-state index contributed by atoms with van der Waals surface area (Å²) in [5.74, 6) is -0.906. The molecule has 0 unspecified atom stereocenters. The molecule has 9 nitrogen and oxygen atoms in total. The summed E-state index contributed by atoms with van der Waals surface area (Å²) in [6.07, 6.45) is 3.03. The minimum atomic E-state index is -0.948. The van der Waals surface area contributed by atoms with E-state index in [1.807, 2.05) is 0 Å². The maximum atomic E-state index is 12.5.